The van der Waals surface area contributed by atoms with E-state index in [4.69, 9.17) is 24.2 Å². The highest BCUT2D eigenvalue weighted by Gasteiger charge is 2.20. The first-order chi connectivity index (χ1) is 11.5. The van der Waals surface area contributed by atoms with Gasteiger partial charge in [0.15, 0.2) is 11.5 Å². The SMILES string of the molecule is COCCOC(=O)/C(C#N)=C/c1cc(OC)c(OC)cc1[N+](=O)[O-]. The Morgan fingerprint density at radius 2 is 1.88 bits per heavy atom. The lowest BCUT2D eigenvalue weighted by atomic mass is 10.1. The molecule has 0 aliphatic rings. The Labute approximate surface area is 138 Å². The van der Waals surface area contributed by atoms with E-state index in [0.717, 1.165) is 12.1 Å². The van der Waals surface area contributed by atoms with Gasteiger partial charge in [0.05, 0.1) is 37.4 Å². The Kier molecular flexibility index (Phi) is 7.19. The molecule has 0 atom stereocenters. The van der Waals surface area contributed by atoms with Gasteiger partial charge in [0, 0.05) is 7.11 Å². The second kappa shape index (κ2) is 9.12. The number of nitriles is 1. The third-order valence-electron chi connectivity index (χ3n) is 2.89. The van der Waals surface area contributed by atoms with Crippen LogP contribution in [0.5, 0.6) is 11.5 Å². The molecule has 0 bridgehead atoms. The quantitative estimate of drug-likeness (QED) is 0.176. The Balaban J connectivity index is 3.29. The summed E-state index contributed by atoms with van der Waals surface area (Å²) in [6.45, 7) is 0.128. The molecule has 1 aromatic rings. The Hall–Kier alpha value is -3.12. The van der Waals surface area contributed by atoms with E-state index in [1.807, 2.05) is 0 Å². The molecule has 0 aliphatic heterocycles. The van der Waals surface area contributed by atoms with Crippen LogP contribution in [0.3, 0.4) is 0 Å². The van der Waals surface area contributed by atoms with Gasteiger partial charge in [-0.05, 0) is 12.1 Å². The van der Waals surface area contributed by atoms with Crippen LogP contribution < -0.4 is 9.47 Å². The predicted molar refractivity (Wildman–Crippen MR) is 82.6 cm³/mol. The molecule has 1 aromatic carbocycles. The minimum Gasteiger partial charge on any atom is -0.493 e. The molecule has 9 heteroatoms. The van der Waals surface area contributed by atoms with Gasteiger partial charge in [-0.2, -0.15) is 5.26 Å². The summed E-state index contributed by atoms with van der Waals surface area (Å²) in [5, 5.41) is 20.3. The second-order valence-electron chi connectivity index (χ2n) is 4.32. The largest absolute Gasteiger partial charge is 0.493 e. The minimum atomic E-state index is -0.904. The van der Waals surface area contributed by atoms with Gasteiger partial charge < -0.3 is 18.9 Å². The predicted octanol–water partition coefficient (Wildman–Crippen LogP) is 1.71. The number of ether oxygens (including phenoxy) is 4. The van der Waals surface area contributed by atoms with Crippen molar-refractivity contribution in [2.75, 3.05) is 34.5 Å². The fourth-order valence-corrected chi connectivity index (χ4v) is 1.75. The molecule has 24 heavy (non-hydrogen) atoms. The molecule has 0 radical (unpaired) electrons. The van der Waals surface area contributed by atoms with Crippen molar-refractivity contribution in [2.24, 2.45) is 0 Å². The third kappa shape index (κ3) is 4.69. The third-order valence-corrected chi connectivity index (χ3v) is 2.89. The van der Waals surface area contributed by atoms with Crippen LogP contribution >= 0.6 is 0 Å². The zero-order valence-corrected chi connectivity index (χ0v) is 13.4. The standard InChI is InChI=1S/C15H16N2O7/c1-21-4-5-24-15(18)11(9-16)6-10-7-13(22-2)14(23-3)8-12(10)17(19)20/h6-8H,4-5H2,1-3H3/b11-6+. The van der Waals surface area contributed by atoms with Crippen LogP contribution in [-0.2, 0) is 14.3 Å². The highest BCUT2D eigenvalue weighted by Crippen LogP contribution is 2.35. The van der Waals surface area contributed by atoms with Gasteiger partial charge in [0.2, 0.25) is 0 Å². The second-order valence-corrected chi connectivity index (χ2v) is 4.32. The molecule has 0 aliphatic carbocycles. The monoisotopic (exact) mass is 336 g/mol. The van der Waals surface area contributed by atoms with Crippen molar-refractivity contribution in [1.29, 1.82) is 5.26 Å². The molecular formula is C15H16N2O7. The lowest BCUT2D eigenvalue weighted by Crippen LogP contribution is -2.11. The molecule has 0 aromatic heterocycles. The Morgan fingerprint density at radius 1 is 1.25 bits per heavy atom. The lowest BCUT2D eigenvalue weighted by Gasteiger charge is -2.09. The number of nitro benzene ring substituents is 1. The summed E-state index contributed by atoms with van der Waals surface area (Å²) in [5.41, 5.74) is -0.718. The summed E-state index contributed by atoms with van der Waals surface area (Å²) in [4.78, 5) is 22.4. The number of carbonyl (C=O) groups excluding carboxylic acids is 1. The van der Waals surface area contributed by atoms with E-state index in [2.05, 4.69) is 0 Å². The van der Waals surface area contributed by atoms with Crippen molar-refractivity contribution >= 4 is 17.7 Å². The van der Waals surface area contributed by atoms with Crippen molar-refractivity contribution in [3.05, 3.63) is 33.4 Å². The number of rotatable bonds is 8. The number of esters is 1. The molecule has 9 nitrogen and oxygen atoms in total. The van der Waals surface area contributed by atoms with Crippen molar-refractivity contribution in [3.63, 3.8) is 0 Å². The van der Waals surface area contributed by atoms with E-state index in [-0.39, 0.29) is 41.5 Å². The molecule has 0 fully saturated rings. The summed E-state index contributed by atoms with van der Waals surface area (Å²) in [6, 6.07) is 4.11. The fourth-order valence-electron chi connectivity index (χ4n) is 1.75. The Bertz CT molecular complexity index is 692. The summed E-state index contributed by atoms with van der Waals surface area (Å²) in [7, 11) is 4.13. The van der Waals surface area contributed by atoms with Crippen LogP contribution in [0.25, 0.3) is 6.08 Å². The molecule has 0 heterocycles. The van der Waals surface area contributed by atoms with Gasteiger partial charge in [-0.1, -0.05) is 0 Å². The number of hydrogen-bond donors (Lipinski definition) is 0. The number of nitrogens with zero attached hydrogens (tertiary/aromatic N) is 2. The van der Waals surface area contributed by atoms with Gasteiger partial charge >= 0.3 is 5.97 Å². The molecule has 0 spiro atoms. The molecule has 0 saturated heterocycles. The van der Waals surface area contributed by atoms with Crippen molar-refractivity contribution in [2.45, 2.75) is 0 Å². The van der Waals surface area contributed by atoms with E-state index in [0.29, 0.717) is 0 Å². The smallest absolute Gasteiger partial charge is 0.348 e. The van der Waals surface area contributed by atoms with Crippen molar-refractivity contribution in [1.82, 2.24) is 0 Å². The highest BCUT2D eigenvalue weighted by molar-refractivity contribution is 5.98. The molecule has 0 unspecified atom stereocenters. The first-order valence-corrected chi connectivity index (χ1v) is 6.66. The van der Waals surface area contributed by atoms with Crippen molar-refractivity contribution < 1.29 is 28.7 Å². The maximum atomic E-state index is 11.8. The van der Waals surface area contributed by atoms with Gasteiger partial charge in [-0.3, -0.25) is 10.1 Å². The summed E-state index contributed by atoms with van der Waals surface area (Å²) >= 11 is 0. The number of hydrogen-bond acceptors (Lipinski definition) is 8. The van der Waals surface area contributed by atoms with Gasteiger partial charge in [0.25, 0.3) is 5.69 Å². The normalized spacial score (nSPS) is 10.7. The van der Waals surface area contributed by atoms with Crippen molar-refractivity contribution in [3.8, 4) is 17.6 Å². The maximum Gasteiger partial charge on any atom is 0.348 e. The van der Waals surface area contributed by atoms with Crippen LogP contribution in [0.4, 0.5) is 5.69 Å². The molecule has 0 amide bonds. The number of benzene rings is 1. The number of nitro groups is 1. The maximum absolute atomic E-state index is 11.8. The zero-order valence-electron chi connectivity index (χ0n) is 13.4. The van der Waals surface area contributed by atoms with Crippen LogP contribution in [0.15, 0.2) is 17.7 Å². The number of carbonyl (C=O) groups is 1. The number of methoxy groups -OCH3 is 3. The van der Waals surface area contributed by atoms with Crippen LogP contribution in [0.1, 0.15) is 5.56 Å². The lowest BCUT2D eigenvalue weighted by molar-refractivity contribution is -0.385. The summed E-state index contributed by atoms with van der Waals surface area (Å²) in [5.74, 6) is -0.527. The highest BCUT2D eigenvalue weighted by atomic mass is 16.6. The van der Waals surface area contributed by atoms with Gasteiger partial charge in [-0.15, -0.1) is 0 Å². The first-order valence-electron chi connectivity index (χ1n) is 6.66. The average Bonchev–Trinajstić information content (AvgIpc) is 2.58. The van der Waals surface area contributed by atoms with Crippen LogP contribution in [0.2, 0.25) is 0 Å². The van der Waals surface area contributed by atoms with E-state index in [9.17, 15) is 14.9 Å². The molecule has 0 N–H and O–H groups in total. The molecule has 128 valence electrons. The van der Waals surface area contributed by atoms with E-state index < -0.39 is 10.9 Å². The molecule has 0 saturated carbocycles. The summed E-state index contributed by atoms with van der Waals surface area (Å²) < 4.78 is 19.6. The molecule has 1 rings (SSSR count). The Morgan fingerprint density at radius 3 is 2.38 bits per heavy atom. The van der Waals surface area contributed by atoms with Crippen LogP contribution in [-0.4, -0.2) is 45.4 Å². The summed E-state index contributed by atoms with van der Waals surface area (Å²) in [6.07, 6.45) is 1.06. The van der Waals surface area contributed by atoms with E-state index in [1.54, 1.807) is 6.07 Å². The van der Waals surface area contributed by atoms with E-state index >= 15 is 0 Å². The fraction of sp³-hybridized carbons (Fsp3) is 0.333. The zero-order chi connectivity index (χ0) is 18.1. The van der Waals surface area contributed by atoms with Crippen LogP contribution in [0, 0.1) is 21.4 Å². The minimum absolute atomic E-state index is 0.0119. The van der Waals surface area contributed by atoms with Gasteiger partial charge in [-0.25, -0.2) is 4.79 Å². The molecular weight excluding hydrogens is 320 g/mol. The van der Waals surface area contributed by atoms with E-state index in [1.165, 1.54) is 27.4 Å². The van der Waals surface area contributed by atoms with Gasteiger partial charge in [0.1, 0.15) is 18.2 Å². The topological polar surface area (TPSA) is 121 Å². The first kappa shape index (κ1) is 18.9. The average molecular weight is 336 g/mol.